The summed E-state index contributed by atoms with van der Waals surface area (Å²) in [5, 5.41) is 5.05. The molecule has 0 radical (unpaired) electrons. The summed E-state index contributed by atoms with van der Waals surface area (Å²) >= 11 is 0. The zero-order valence-corrected chi connectivity index (χ0v) is 12.5. The fraction of sp³-hybridized carbons (Fsp3) is 0.400. The maximum absolute atomic E-state index is 11.7. The molecule has 19 heavy (non-hydrogen) atoms. The highest BCUT2D eigenvalue weighted by molar-refractivity contribution is 7.90. The Balaban J connectivity index is 3.12. The van der Waals surface area contributed by atoms with Gasteiger partial charge in [0.1, 0.15) is 0 Å². The molecule has 1 aromatic carbocycles. The summed E-state index contributed by atoms with van der Waals surface area (Å²) in [6, 6.07) is 3.85. The van der Waals surface area contributed by atoms with Crippen molar-refractivity contribution >= 4 is 25.9 Å². The molecule has 0 spiro atoms. The predicted octanol–water partition coefficient (Wildman–Crippen LogP) is 0.297. The van der Waals surface area contributed by atoms with Crippen molar-refractivity contribution in [1.82, 2.24) is 4.72 Å². The Morgan fingerprint density at radius 3 is 2.21 bits per heavy atom. The third kappa shape index (κ3) is 4.78. The maximum Gasteiger partial charge on any atom is 0.299 e. The second-order valence-corrected chi connectivity index (χ2v) is 7.38. The van der Waals surface area contributed by atoms with E-state index in [1.165, 1.54) is 18.2 Å². The number of hydrogen-bond donors (Lipinski definition) is 3. The van der Waals surface area contributed by atoms with Crippen LogP contribution in [-0.4, -0.2) is 22.9 Å². The van der Waals surface area contributed by atoms with Gasteiger partial charge in [0.2, 0.25) is 10.0 Å². The van der Waals surface area contributed by atoms with Crippen molar-refractivity contribution in [1.29, 1.82) is 0 Å². The van der Waals surface area contributed by atoms with Crippen LogP contribution in [0.2, 0.25) is 0 Å². The Morgan fingerprint density at radius 2 is 1.74 bits per heavy atom. The third-order valence-corrected chi connectivity index (χ3v) is 4.48. The minimum Gasteiger partial charge on any atom is -0.271 e. The molecule has 0 aromatic heterocycles. The summed E-state index contributed by atoms with van der Waals surface area (Å²) in [4.78, 5) is -0.114. The lowest BCUT2D eigenvalue weighted by Crippen LogP contribution is -2.35. The quantitative estimate of drug-likeness (QED) is 0.724. The van der Waals surface area contributed by atoms with Gasteiger partial charge in [-0.1, -0.05) is 6.07 Å². The molecule has 7 nitrogen and oxygen atoms in total. The van der Waals surface area contributed by atoms with Crippen LogP contribution in [0.5, 0.6) is 0 Å². The van der Waals surface area contributed by atoms with Crippen molar-refractivity contribution < 1.29 is 16.8 Å². The molecular formula is C10H17N3O4S2. The van der Waals surface area contributed by atoms with Crippen LogP contribution in [0.25, 0.3) is 0 Å². The Morgan fingerprint density at radius 1 is 1.16 bits per heavy atom. The molecule has 0 amide bonds. The van der Waals surface area contributed by atoms with E-state index in [0.717, 1.165) is 0 Å². The van der Waals surface area contributed by atoms with Gasteiger partial charge in [0.05, 0.1) is 10.6 Å². The molecule has 0 saturated heterocycles. The fourth-order valence-electron chi connectivity index (χ4n) is 1.47. The molecule has 0 atom stereocenters. The number of nitrogens with two attached hydrogens (primary N) is 1. The average molecular weight is 307 g/mol. The summed E-state index contributed by atoms with van der Waals surface area (Å²) in [6.07, 6.45) is 0. The van der Waals surface area contributed by atoms with Crippen molar-refractivity contribution in [3.05, 3.63) is 23.8 Å². The smallest absolute Gasteiger partial charge is 0.271 e. The molecule has 0 bridgehead atoms. The highest BCUT2D eigenvalue weighted by atomic mass is 32.2. The zero-order chi connectivity index (χ0) is 14.8. The average Bonchev–Trinajstić information content (AvgIpc) is 2.16. The van der Waals surface area contributed by atoms with E-state index in [1.54, 1.807) is 20.8 Å². The number of nitrogens with one attached hydrogen (secondary N) is 2. The third-order valence-electron chi connectivity index (χ3n) is 2.14. The van der Waals surface area contributed by atoms with Gasteiger partial charge in [-0.2, -0.15) is 13.1 Å². The highest BCUT2D eigenvalue weighted by Gasteiger charge is 2.15. The van der Waals surface area contributed by atoms with Crippen molar-refractivity contribution in [3.63, 3.8) is 0 Å². The van der Waals surface area contributed by atoms with Gasteiger partial charge in [-0.3, -0.25) is 4.72 Å². The van der Waals surface area contributed by atoms with Gasteiger partial charge >= 0.3 is 0 Å². The van der Waals surface area contributed by atoms with Crippen molar-refractivity contribution in [3.8, 4) is 0 Å². The summed E-state index contributed by atoms with van der Waals surface area (Å²) in [5.41, 5.74) is 0.574. The number of hydrogen-bond acceptors (Lipinski definition) is 4. The van der Waals surface area contributed by atoms with Crippen LogP contribution in [-0.2, 0) is 20.2 Å². The number of aryl methyl sites for hydroxylation is 1. The van der Waals surface area contributed by atoms with E-state index in [0.29, 0.717) is 5.56 Å². The number of sulfonamides is 1. The Hall–Kier alpha value is -1.16. The largest absolute Gasteiger partial charge is 0.299 e. The monoisotopic (exact) mass is 307 g/mol. The first kappa shape index (κ1) is 15.9. The molecule has 1 aromatic rings. The van der Waals surface area contributed by atoms with Crippen molar-refractivity contribution in [2.45, 2.75) is 31.7 Å². The van der Waals surface area contributed by atoms with Crippen LogP contribution in [0.1, 0.15) is 19.4 Å². The molecule has 0 fully saturated rings. The van der Waals surface area contributed by atoms with Crippen LogP contribution in [0.3, 0.4) is 0 Å². The standard InChI is InChI=1S/C10H17N3O4S2/c1-7(2)12-19(16,17)13-9-5-4-8(3)10(6-9)18(11,14)15/h4-7,12-13H,1-3H3,(H2,11,14,15). The lowest BCUT2D eigenvalue weighted by atomic mass is 10.2. The van der Waals surface area contributed by atoms with Gasteiger partial charge in [-0.05, 0) is 38.5 Å². The van der Waals surface area contributed by atoms with E-state index >= 15 is 0 Å². The van der Waals surface area contributed by atoms with Gasteiger partial charge < -0.3 is 0 Å². The topological polar surface area (TPSA) is 118 Å². The van der Waals surface area contributed by atoms with Crippen molar-refractivity contribution in [2.75, 3.05) is 4.72 Å². The summed E-state index contributed by atoms with van der Waals surface area (Å²) in [7, 11) is -7.63. The first-order valence-electron chi connectivity index (χ1n) is 5.45. The maximum atomic E-state index is 11.7. The van der Waals surface area contributed by atoms with Crippen LogP contribution >= 0.6 is 0 Å². The molecular weight excluding hydrogens is 290 g/mol. The molecule has 0 aliphatic rings. The van der Waals surface area contributed by atoms with Crippen LogP contribution in [0.4, 0.5) is 5.69 Å². The minimum atomic E-state index is -3.89. The SMILES string of the molecule is Cc1ccc(NS(=O)(=O)NC(C)C)cc1S(N)(=O)=O. The molecule has 4 N–H and O–H groups in total. The van der Waals surface area contributed by atoms with Gasteiger partial charge in [-0.15, -0.1) is 0 Å². The number of primary sulfonamides is 1. The highest BCUT2D eigenvalue weighted by Crippen LogP contribution is 2.19. The molecule has 0 heterocycles. The molecule has 9 heteroatoms. The molecule has 108 valence electrons. The van der Waals surface area contributed by atoms with Gasteiger partial charge in [0.25, 0.3) is 10.2 Å². The van der Waals surface area contributed by atoms with E-state index in [-0.39, 0.29) is 16.6 Å². The van der Waals surface area contributed by atoms with E-state index < -0.39 is 20.2 Å². The second-order valence-electron chi connectivity index (χ2n) is 4.40. The van der Waals surface area contributed by atoms with E-state index in [9.17, 15) is 16.8 Å². The number of rotatable bonds is 5. The second kappa shape index (κ2) is 5.45. The summed E-state index contributed by atoms with van der Waals surface area (Å²) in [5.74, 6) is 0. The van der Waals surface area contributed by atoms with Gasteiger partial charge in [0, 0.05) is 6.04 Å². The summed E-state index contributed by atoms with van der Waals surface area (Å²) in [6.45, 7) is 4.92. The number of anilines is 1. The molecule has 0 aliphatic heterocycles. The molecule has 1 rings (SSSR count). The van der Waals surface area contributed by atoms with Gasteiger partial charge in [0.15, 0.2) is 0 Å². The zero-order valence-electron chi connectivity index (χ0n) is 10.8. The molecule has 0 aliphatic carbocycles. The molecule has 0 unspecified atom stereocenters. The minimum absolute atomic E-state index is 0.114. The lowest BCUT2D eigenvalue weighted by Gasteiger charge is -2.13. The van der Waals surface area contributed by atoms with Crippen LogP contribution in [0.15, 0.2) is 23.1 Å². The Labute approximate surface area is 113 Å². The normalized spacial score (nSPS) is 12.7. The number of benzene rings is 1. The first-order chi connectivity index (χ1) is 8.51. The fourth-order valence-corrected chi connectivity index (χ4v) is 3.39. The summed E-state index contributed by atoms with van der Waals surface area (Å²) < 4.78 is 50.5. The Bertz CT molecular complexity index is 666. The lowest BCUT2D eigenvalue weighted by molar-refractivity contribution is 0.575. The van der Waals surface area contributed by atoms with Crippen molar-refractivity contribution in [2.24, 2.45) is 5.14 Å². The first-order valence-corrected chi connectivity index (χ1v) is 8.48. The van der Waals surface area contributed by atoms with Crippen LogP contribution in [0, 0.1) is 6.92 Å². The van der Waals surface area contributed by atoms with E-state index in [2.05, 4.69) is 9.44 Å². The Kier molecular flexibility index (Phi) is 4.56. The molecule has 0 saturated carbocycles. The predicted molar refractivity (Wildman–Crippen MR) is 73.4 cm³/mol. The van der Waals surface area contributed by atoms with E-state index in [1.807, 2.05) is 0 Å². The van der Waals surface area contributed by atoms with E-state index in [4.69, 9.17) is 5.14 Å². The van der Waals surface area contributed by atoms with Gasteiger partial charge in [-0.25, -0.2) is 13.6 Å². The van der Waals surface area contributed by atoms with Crippen LogP contribution < -0.4 is 14.6 Å².